The predicted molar refractivity (Wildman–Crippen MR) is 129 cm³/mol. The number of methoxy groups -OCH3 is 1. The average molecular weight is 485 g/mol. The Bertz CT molecular complexity index is 1450. The van der Waals surface area contributed by atoms with Crippen LogP contribution >= 0.6 is 11.3 Å². The van der Waals surface area contributed by atoms with Gasteiger partial charge < -0.3 is 10.1 Å². The number of sulfonamides is 1. The van der Waals surface area contributed by atoms with E-state index in [1.807, 2.05) is 0 Å². The number of nitrogens with zero attached hydrogens (tertiary/aromatic N) is 1. The summed E-state index contributed by atoms with van der Waals surface area (Å²) in [6.07, 6.45) is 0. The first-order valence-electron chi connectivity index (χ1n) is 9.93. The van der Waals surface area contributed by atoms with Gasteiger partial charge >= 0.3 is 0 Å². The van der Waals surface area contributed by atoms with Crippen LogP contribution in [0.5, 0.6) is 5.75 Å². The number of ether oxygens (including phenoxy) is 1. The second-order valence-corrected chi connectivity index (χ2v) is 10.5. The molecule has 4 aromatic rings. The molecular weight excluding hydrogens is 463 g/mol. The first-order valence-corrected chi connectivity index (χ1v) is 12.2. The molecule has 1 heterocycles. The molecule has 0 unspecified atom stereocenters. The van der Waals surface area contributed by atoms with Gasteiger partial charge in [0.25, 0.3) is 15.9 Å². The van der Waals surface area contributed by atoms with Gasteiger partial charge in [-0.2, -0.15) is 0 Å². The maximum atomic E-state index is 13.2. The summed E-state index contributed by atoms with van der Waals surface area (Å²) in [4.78, 5) is 13.2. The Hall–Kier alpha value is -3.43. The Morgan fingerprint density at radius 3 is 2.42 bits per heavy atom. The molecule has 4 rings (SSSR count). The van der Waals surface area contributed by atoms with Crippen LogP contribution in [0.2, 0.25) is 0 Å². The van der Waals surface area contributed by atoms with Gasteiger partial charge in [0.15, 0.2) is 0 Å². The summed E-state index contributed by atoms with van der Waals surface area (Å²) in [6, 6.07) is 17.2. The van der Waals surface area contributed by atoms with Crippen LogP contribution < -0.4 is 14.4 Å². The second kappa shape index (κ2) is 8.84. The molecule has 0 bridgehead atoms. The van der Waals surface area contributed by atoms with E-state index < -0.39 is 10.0 Å². The summed E-state index contributed by atoms with van der Waals surface area (Å²) >= 11 is 1.29. The normalized spacial score (nSPS) is 11.4. The SMILES string of the molecule is COc1ccc(S(=O)(=O)N(C)c2ccc3sc(C(=O)Nc4ccc(F)cc4)cc3c2)cc1C. The molecule has 0 aliphatic heterocycles. The number of rotatable bonds is 6. The standard InChI is InChI=1S/C24H21FN2O4S2/c1-15-12-20(9-10-21(15)31-3)33(29,30)27(2)19-8-11-22-16(13-19)14-23(32-22)24(28)26-18-6-4-17(25)5-7-18/h4-14H,1-3H3,(H,26,28). The molecular formula is C24H21FN2O4S2. The minimum absolute atomic E-state index is 0.160. The van der Waals surface area contributed by atoms with Gasteiger partial charge in [-0.3, -0.25) is 9.10 Å². The fraction of sp³-hybridized carbons (Fsp3) is 0.125. The first-order chi connectivity index (χ1) is 15.7. The van der Waals surface area contributed by atoms with Crippen LogP contribution in [-0.4, -0.2) is 28.5 Å². The zero-order valence-electron chi connectivity index (χ0n) is 18.1. The molecule has 0 fully saturated rings. The van der Waals surface area contributed by atoms with E-state index in [-0.39, 0.29) is 16.6 Å². The number of fused-ring (bicyclic) bond motifs is 1. The van der Waals surface area contributed by atoms with E-state index in [4.69, 9.17) is 4.74 Å². The molecule has 0 radical (unpaired) electrons. The van der Waals surface area contributed by atoms with Gasteiger partial charge in [0.1, 0.15) is 11.6 Å². The quantitative estimate of drug-likeness (QED) is 0.396. The molecule has 3 aromatic carbocycles. The third-order valence-corrected chi connectivity index (χ3v) is 8.11. The second-order valence-electron chi connectivity index (χ2n) is 7.40. The number of benzene rings is 3. The van der Waals surface area contributed by atoms with Gasteiger partial charge in [-0.25, -0.2) is 12.8 Å². The van der Waals surface area contributed by atoms with E-state index in [0.29, 0.717) is 22.0 Å². The summed E-state index contributed by atoms with van der Waals surface area (Å²) in [7, 11) is -0.765. The number of amides is 1. The highest BCUT2D eigenvalue weighted by Gasteiger charge is 2.23. The highest BCUT2D eigenvalue weighted by molar-refractivity contribution is 7.92. The third kappa shape index (κ3) is 4.55. The minimum Gasteiger partial charge on any atom is -0.496 e. The van der Waals surface area contributed by atoms with Crippen LogP contribution in [-0.2, 0) is 10.0 Å². The number of anilines is 2. The van der Waals surface area contributed by atoms with E-state index >= 15 is 0 Å². The molecule has 0 aliphatic carbocycles. The third-order valence-electron chi connectivity index (χ3n) is 5.21. The van der Waals surface area contributed by atoms with Crippen LogP contribution in [0.1, 0.15) is 15.2 Å². The van der Waals surface area contributed by atoms with Crippen LogP contribution in [0.4, 0.5) is 15.8 Å². The van der Waals surface area contributed by atoms with Crippen molar-refractivity contribution in [2.45, 2.75) is 11.8 Å². The van der Waals surface area contributed by atoms with E-state index in [2.05, 4.69) is 5.32 Å². The minimum atomic E-state index is -3.79. The van der Waals surface area contributed by atoms with Crippen LogP contribution in [0, 0.1) is 12.7 Å². The van der Waals surface area contributed by atoms with E-state index in [1.54, 1.807) is 43.3 Å². The number of hydrogen-bond donors (Lipinski definition) is 1. The number of hydrogen-bond acceptors (Lipinski definition) is 5. The molecule has 170 valence electrons. The monoisotopic (exact) mass is 484 g/mol. The molecule has 0 aliphatic rings. The Labute approximate surface area is 195 Å². The van der Waals surface area contributed by atoms with Gasteiger partial charge in [0.05, 0.1) is 22.6 Å². The van der Waals surface area contributed by atoms with Crippen molar-refractivity contribution >= 4 is 48.7 Å². The zero-order valence-corrected chi connectivity index (χ0v) is 19.8. The Morgan fingerprint density at radius 2 is 1.76 bits per heavy atom. The predicted octanol–water partition coefficient (Wildman–Crippen LogP) is 5.43. The van der Waals surface area contributed by atoms with Gasteiger partial charge in [0, 0.05) is 17.4 Å². The van der Waals surface area contributed by atoms with Crippen molar-refractivity contribution in [1.82, 2.24) is 0 Å². The molecule has 0 saturated heterocycles. The number of aryl methyl sites for hydroxylation is 1. The molecule has 0 saturated carbocycles. The number of carbonyl (C=O) groups is 1. The van der Waals surface area contributed by atoms with Crippen molar-refractivity contribution in [3.05, 3.63) is 83.0 Å². The Kier molecular flexibility index (Phi) is 6.09. The van der Waals surface area contributed by atoms with Crippen molar-refractivity contribution in [2.75, 3.05) is 23.8 Å². The maximum Gasteiger partial charge on any atom is 0.265 e. The molecule has 1 N–H and O–H groups in total. The summed E-state index contributed by atoms with van der Waals surface area (Å²) in [5.41, 5.74) is 1.68. The lowest BCUT2D eigenvalue weighted by Crippen LogP contribution is -2.26. The van der Waals surface area contributed by atoms with Crippen molar-refractivity contribution in [2.24, 2.45) is 0 Å². The van der Waals surface area contributed by atoms with Crippen LogP contribution in [0.3, 0.4) is 0 Å². The molecule has 9 heteroatoms. The lowest BCUT2D eigenvalue weighted by atomic mass is 10.2. The van der Waals surface area contributed by atoms with E-state index in [0.717, 1.165) is 15.6 Å². The Balaban J connectivity index is 1.60. The molecule has 1 amide bonds. The molecule has 1 aromatic heterocycles. The molecule has 0 spiro atoms. The average Bonchev–Trinajstić information content (AvgIpc) is 3.23. The lowest BCUT2D eigenvalue weighted by molar-refractivity contribution is 0.103. The number of halogens is 1. The van der Waals surface area contributed by atoms with Crippen molar-refractivity contribution in [1.29, 1.82) is 0 Å². The topological polar surface area (TPSA) is 75.7 Å². The van der Waals surface area contributed by atoms with Gasteiger partial charge in [-0.1, -0.05) is 0 Å². The molecule has 6 nitrogen and oxygen atoms in total. The summed E-state index contributed by atoms with van der Waals surface area (Å²) in [5, 5.41) is 3.48. The fourth-order valence-electron chi connectivity index (χ4n) is 3.37. The van der Waals surface area contributed by atoms with Gasteiger partial charge in [-0.15, -0.1) is 11.3 Å². The van der Waals surface area contributed by atoms with Gasteiger partial charge in [0.2, 0.25) is 0 Å². The Morgan fingerprint density at radius 1 is 1.03 bits per heavy atom. The highest BCUT2D eigenvalue weighted by Crippen LogP contribution is 2.32. The van der Waals surface area contributed by atoms with Crippen LogP contribution in [0.15, 0.2) is 71.6 Å². The molecule has 33 heavy (non-hydrogen) atoms. The summed E-state index contributed by atoms with van der Waals surface area (Å²) in [5.74, 6) is -0.0898. The van der Waals surface area contributed by atoms with E-state index in [9.17, 15) is 17.6 Å². The summed E-state index contributed by atoms with van der Waals surface area (Å²) < 4.78 is 46.7. The van der Waals surface area contributed by atoms with Crippen molar-refractivity contribution in [3.63, 3.8) is 0 Å². The zero-order chi connectivity index (χ0) is 23.8. The largest absolute Gasteiger partial charge is 0.496 e. The van der Waals surface area contributed by atoms with Gasteiger partial charge in [-0.05, 0) is 84.6 Å². The number of thiophene rings is 1. The first kappa shape index (κ1) is 22.8. The van der Waals surface area contributed by atoms with E-state index in [1.165, 1.54) is 60.1 Å². The van der Waals surface area contributed by atoms with Crippen molar-refractivity contribution in [3.8, 4) is 5.75 Å². The maximum absolute atomic E-state index is 13.2. The number of carbonyl (C=O) groups excluding carboxylic acids is 1. The van der Waals surface area contributed by atoms with Crippen LogP contribution in [0.25, 0.3) is 10.1 Å². The highest BCUT2D eigenvalue weighted by atomic mass is 32.2. The number of nitrogens with one attached hydrogen (secondary N) is 1. The summed E-state index contributed by atoms with van der Waals surface area (Å²) in [6.45, 7) is 1.79. The smallest absolute Gasteiger partial charge is 0.265 e. The molecule has 0 atom stereocenters. The lowest BCUT2D eigenvalue weighted by Gasteiger charge is -2.20. The van der Waals surface area contributed by atoms with Crippen molar-refractivity contribution < 1.29 is 22.3 Å². The fourth-order valence-corrected chi connectivity index (χ4v) is 5.58.